The fourth-order valence-electron chi connectivity index (χ4n) is 1.92. The van der Waals surface area contributed by atoms with E-state index in [1.807, 2.05) is 51.3 Å². The molecular weight excluding hydrogens is 306 g/mol. The van der Waals surface area contributed by atoms with Gasteiger partial charge in [-0.25, -0.2) is 9.97 Å². The molecule has 0 atom stereocenters. The van der Waals surface area contributed by atoms with Crippen LogP contribution in [0.15, 0.2) is 22.9 Å². The van der Waals surface area contributed by atoms with Crippen molar-refractivity contribution in [2.45, 2.75) is 13.5 Å². The number of aryl methyl sites for hydroxylation is 1. The maximum absolute atomic E-state index is 4.39. The van der Waals surface area contributed by atoms with E-state index in [2.05, 4.69) is 35.8 Å². The lowest BCUT2D eigenvalue weighted by atomic mass is 10.3. The van der Waals surface area contributed by atoms with E-state index in [4.69, 9.17) is 0 Å². The maximum Gasteiger partial charge on any atom is 0.204 e. The SMILES string of the molecule is Cc1nc(Br)ccc1NCc1cnc(N(C)C)n1C. The molecule has 2 aromatic rings. The molecule has 19 heavy (non-hydrogen) atoms. The predicted octanol–water partition coefficient (Wildman–Crippen LogP) is 2.56. The third-order valence-electron chi connectivity index (χ3n) is 2.97. The van der Waals surface area contributed by atoms with Crippen LogP contribution in [0.25, 0.3) is 0 Å². The van der Waals surface area contributed by atoms with Gasteiger partial charge in [-0.05, 0) is 35.0 Å². The van der Waals surface area contributed by atoms with Crippen LogP contribution in [0, 0.1) is 6.92 Å². The number of aromatic nitrogens is 3. The van der Waals surface area contributed by atoms with Gasteiger partial charge in [-0.1, -0.05) is 0 Å². The molecule has 0 saturated heterocycles. The molecule has 0 unspecified atom stereocenters. The van der Waals surface area contributed by atoms with E-state index in [1.54, 1.807) is 0 Å². The Morgan fingerprint density at radius 3 is 2.68 bits per heavy atom. The van der Waals surface area contributed by atoms with Gasteiger partial charge in [0.05, 0.1) is 29.8 Å². The topological polar surface area (TPSA) is 46.0 Å². The molecule has 1 N–H and O–H groups in total. The fraction of sp³-hybridized carbons (Fsp3) is 0.385. The van der Waals surface area contributed by atoms with Crippen molar-refractivity contribution in [1.29, 1.82) is 0 Å². The van der Waals surface area contributed by atoms with E-state index in [9.17, 15) is 0 Å². The summed E-state index contributed by atoms with van der Waals surface area (Å²) in [5.74, 6) is 0.947. The highest BCUT2D eigenvalue weighted by molar-refractivity contribution is 9.10. The summed E-state index contributed by atoms with van der Waals surface area (Å²) in [6.07, 6.45) is 1.89. The molecule has 5 nitrogen and oxygen atoms in total. The van der Waals surface area contributed by atoms with E-state index >= 15 is 0 Å². The van der Waals surface area contributed by atoms with Gasteiger partial charge in [0.1, 0.15) is 4.60 Å². The number of nitrogens with one attached hydrogen (secondary N) is 1. The number of hydrogen-bond donors (Lipinski definition) is 1. The highest BCUT2D eigenvalue weighted by Crippen LogP contribution is 2.18. The van der Waals surface area contributed by atoms with Gasteiger partial charge in [-0.2, -0.15) is 0 Å². The Bertz CT molecular complexity index is 576. The summed E-state index contributed by atoms with van der Waals surface area (Å²) in [5.41, 5.74) is 3.14. The summed E-state index contributed by atoms with van der Waals surface area (Å²) in [5, 5.41) is 3.39. The summed E-state index contributed by atoms with van der Waals surface area (Å²) >= 11 is 3.36. The molecule has 6 heteroatoms. The third kappa shape index (κ3) is 3.07. The number of imidazole rings is 1. The zero-order valence-electron chi connectivity index (χ0n) is 11.6. The zero-order valence-corrected chi connectivity index (χ0v) is 13.2. The Labute approximate surface area is 121 Å². The molecule has 0 aliphatic heterocycles. The quantitative estimate of drug-likeness (QED) is 0.878. The highest BCUT2D eigenvalue weighted by atomic mass is 79.9. The van der Waals surface area contributed by atoms with E-state index in [0.29, 0.717) is 0 Å². The fourth-order valence-corrected chi connectivity index (χ4v) is 2.31. The Kier molecular flexibility index (Phi) is 4.09. The first-order valence-corrected chi connectivity index (χ1v) is 6.83. The van der Waals surface area contributed by atoms with Crippen LogP contribution in [0.2, 0.25) is 0 Å². The van der Waals surface area contributed by atoms with Crippen molar-refractivity contribution >= 4 is 27.6 Å². The van der Waals surface area contributed by atoms with Gasteiger partial charge < -0.3 is 14.8 Å². The minimum atomic E-state index is 0.724. The highest BCUT2D eigenvalue weighted by Gasteiger charge is 2.08. The Morgan fingerprint density at radius 2 is 2.11 bits per heavy atom. The van der Waals surface area contributed by atoms with Crippen LogP contribution in [0.3, 0.4) is 0 Å². The second kappa shape index (κ2) is 5.61. The van der Waals surface area contributed by atoms with Crippen LogP contribution in [0.4, 0.5) is 11.6 Å². The van der Waals surface area contributed by atoms with Crippen LogP contribution in [-0.4, -0.2) is 28.6 Å². The minimum Gasteiger partial charge on any atom is -0.378 e. The molecule has 0 aliphatic rings. The third-order valence-corrected chi connectivity index (χ3v) is 3.41. The van der Waals surface area contributed by atoms with E-state index in [-0.39, 0.29) is 0 Å². The second-order valence-electron chi connectivity index (χ2n) is 4.62. The minimum absolute atomic E-state index is 0.724. The molecule has 0 radical (unpaired) electrons. The zero-order chi connectivity index (χ0) is 14.0. The molecule has 2 aromatic heterocycles. The molecule has 0 bridgehead atoms. The molecule has 0 spiro atoms. The lowest BCUT2D eigenvalue weighted by Crippen LogP contribution is -2.15. The molecule has 0 aromatic carbocycles. The summed E-state index contributed by atoms with van der Waals surface area (Å²) < 4.78 is 2.93. The molecule has 0 amide bonds. The van der Waals surface area contributed by atoms with Gasteiger partial charge in [-0.3, -0.25) is 0 Å². The molecule has 0 fully saturated rings. The average Bonchev–Trinajstić information content (AvgIpc) is 2.70. The average molecular weight is 324 g/mol. The standard InChI is InChI=1S/C13H18BrN5/c1-9-11(5-6-12(14)17-9)15-7-10-8-16-13(18(2)3)19(10)4/h5-6,8,15H,7H2,1-4H3. The van der Waals surface area contributed by atoms with E-state index < -0.39 is 0 Å². The molecule has 0 aliphatic carbocycles. The second-order valence-corrected chi connectivity index (χ2v) is 5.44. The van der Waals surface area contributed by atoms with Gasteiger partial charge >= 0.3 is 0 Å². The number of rotatable bonds is 4. The smallest absolute Gasteiger partial charge is 0.204 e. The Balaban J connectivity index is 2.10. The van der Waals surface area contributed by atoms with Crippen molar-refractivity contribution in [3.8, 4) is 0 Å². The van der Waals surface area contributed by atoms with Gasteiger partial charge in [-0.15, -0.1) is 0 Å². The van der Waals surface area contributed by atoms with Crippen molar-refractivity contribution in [3.63, 3.8) is 0 Å². The van der Waals surface area contributed by atoms with Crippen LogP contribution in [0.5, 0.6) is 0 Å². The van der Waals surface area contributed by atoms with Gasteiger partial charge in [0, 0.05) is 21.1 Å². The van der Waals surface area contributed by atoms with Crippen molar-refractivity contribution in [2.24, 2.45) is 7.05 Å². The van der Waals surface area contributed by atoms with Crippen molar-refractivity contribution in [2.75, 3.05) is 24.3 Å². The van der Waals surface area contributed by atoms with Gasteiger partial charge in [0.15, 0.2) is 0 Å². The van der Waals surface area contributed by atoms with Crippen LogP contribution >= 0.6 is 15.9 Å². The number of pyridine rings is 1. The first-order chi connectivity index (χ1) is 8.99. The maximum atomic E-state index is 4.39. The summed E-state index contributed by atoms with van der Waals surface area (Å²) in [6, 6.07) is 3.96. The molecular formula is C13H18BrN5. The normalized spacial score (nSPS) is 10.6. The predicted molar refractivity (Wildman–Crippen MR) is 81.5 cm³/mol. The summed E-state index contributed by atoms with van der Waals surface area (Å²) in [6.45, 7) is 2.71. The van der Waals surface area contributed by atoms with Crippen molar-refractivity contribution in [3.05, 3.63) is 34.3 Å². The van der Waals surface area contributed by atoms with E-state index in [1.165, 1.54) is 0 Å². The first-order valence-electron chi connectivity index (χ1n) is 6.04. The van der Waals surface area contributed by atoms with Gasteiger partial charge in [0.2, 0.25) is 5.95 Å². The Morgan fingerprint density at radius 1 is 1.37 bits per heavy atom. The van der Waals surface area contributed by atoms with Crippen molar-refractivity contribution < 1.29 is 0 Å². The summed E-state index contributed by atoms with van der Waals surface area (Å²) in [7, 11) is 6.00. The molecule has 2 heterocycles. The largest absolute Gasteiger partial charge is 0.378 e. The van der Waals surface area contributed by atoms with Crippen LogP contribution in [-0.2, 0) is 13.6 Å². The number of hydrogen-bond acceptors (Lipinski definition) is 4. The lowest BCUT2D eigenvalue weighted by molar-refractivity contribution is 0.813. The molecule has 2 rings (SSSR count). The van der Waals surface area contributed by atoms with Crippen LogP contribution < -0.4 is 10.2 Å². The number of nitrogens with zero attached hydrogens (tertiary/aromatic N) is 4. The lowest BCUT2D eigenvalue weighted by Gasteiger charge is -2.13. The molecule has 0 saturated carbocycles. The van der Waals surface area contributed by atoms with E-state index in [0.717, 1.165) is 34.2 Å². The van der Waals surface area contributed by atoms with Crippen LogP contribution in [0.1, 0.15) is 11.4 Å². The monoisotopic (exact) mass is 323 g/mol. The van der Waals surface area contributed by atoms with Crippen molar-refractivity contribution in [1.82, 2.24) is 14.5 Å². The number of anilines is 2. The molecule has 102 valence electrons. The van der Waals surface area contributed by atoms with Gasteiger partial charge in [0.25, 0.3) is 0 Å². The Hall–Kier alpha value is -1.56. The first kappa shape index (κ1) is 13.9. The number of halogens is 1. The summed E-state index contributed by atoms with van der Waals surface area (Å²) in [4.78, 5) is 10.8.